The average Bonchev–Trinajstić information content (AvgIpc) is 2.13. The molecule has 1 fully saturated rings. The van der Waals surface area contributed by atoms with Gasteiger partial charge in [0.05, 0.1) is 5.54 Å². The molecule has 1 aliphatic rings. The van der Waals surface area contributed by atoms with Crippen LogP contribution >= 0.6 is 11.6 Å². The average molecular weight is 198 g/mol. The van der Waals surface area contributed by atoms with Crippen LogP contribution in [0.15, 0.2) is 18.6 Å². The predicted molar refractivity (Wildman–Crippen MR) is 53.0 cm³/mol. The highest BCUT2D eigenvalue weighted by Gasteiger charge is 2.36. The highest BCUT2D eigenvalue weighted by molar-refractivity contribution is 6.18. The van der Waals surface area contributed by atoms with Crippen LogP contribution in [-0.2, 0) is 0 Å². The molecule has 1 N–H and O–H groups in total. The van der Waals surface area contributed by atoms with E-state index in [4.69, 9.17) is 11.6 Å². The van der Waals surface area contributed by atoms with E-state index in [2.05, 4.69) is 15.3 Å². The van der Waals surface area contributed by atoms with Gasteiger partial charge in [0.15, 0.2) is 0 Å². The van der Waals surface area contributed by atoms with Crippen LogP contribution < -0.4 is 5.32 Å². The minimum Gasteiger partial charge on any atom is -0.363 e. The maximum absolute atomic E-state index is 5.90. The Labute approximate surface area is 82.5 Å². The number of hydrogen-bond acceptors (Lipinski definition) is 3. The van der Waals surface area contributed by atoms with Crippen molar-refractivity contribution < 1.29 is 0 Å². The van der Waals surface area contributed by atoms with Crippen molar-refractivity contribution in [3.8, 4) is 0 Å². The number of aromatic nitrogens is 2. The minimum atomic E-state index is 0.0932. The Kier molecular flexibility index (Phi) is 2.36. The van der Waals surface area contributed by atoms with Crippen molar-refractivity contribution in [3.63, 3.8) is 0 Å². The van der Waals surface area contributed by atoms with Crippen LogP contribution in [0.2, 0.25) is 0 Å². The van der Waals surface area contributed by atoms with E-state index in [9.17, 15) is 0 Å². The lowest BCUT2D eigenvalue weighted by molar-refractivity contribution is 0.310. The van der Waals surface area contributed by atoms with Crippen molar-refractivity contribution in [3.05, 3.63) is 18.6 Å². The molecular weight excluding hydrogens is 186 g/mol. The van der Waals surface area contributed by atoms with Crippen LogP contribution in [0, 0.1) is 0 Å². The van der Waals surface area contributed by atoms with Gasteiger partial charge in [-0.1, -0.05) is 0 Å². The largest absolute Gasteiger partial charge is 0.363 e. The Bertz CT molecular complexity index is 266. The van der Waals surface area contributed by atoms with Crippen LogP contribution in [0.5, 0.6) is 0 Å². The van der Waals surface area contributed by atoms with Gasteiger partial charge in [0.25, 0.3) is 0 Å². The lowest BCUT2D eigenvalue weighted by Crippen LogP contribution is -2.47. The second-order valence-corrected chi connectivity index (χ2v) is 3.75. The molecule has 70 valence electrons. The van der Waals surface area contributed by atoms with Crippen LogP contribution in [-0.4, -0.2) is 21.4 Å². The minimum absolute atomic E-state index is 0.0932. The van der Waals surface area contributed by atoms with Gasteiger partial charge >= 0.3 is 0 Å². The summed E-state index contributed by atoms with van der Waals surface area (Å²) in [5.41, 5.74) is 0.0932. The molecule has 2 rings (SSSR count). The van der Waals surface area contributed by atoms with Crippen molar-refractivity contribution in [1.82, 2.24) is 9.97 Å². The number of nitrogens with one attached hydrogen (secondary N) is 1. The Balaban J connectivity index is 2.05. The molecule has 13 heavy (non-hydrogen) atoms. The molecule has 0 radical (unpaired) electrons. The van der Waals surface area contributed by atoms with Gasteiger partial charge in [-0.05, 0) is 25.3 Å². The second kappa shape index (κ2) is 3.50. The molecule has 1 heterocycles. The summed E-state index contributed by atoms with van der Waals surface area (Å²) in [5.74, 6) is 1.52. The summed E-state index contributed by atoms with van der Waals surface area (Å²) in [7, 11) is 0. The molecule has 1 aliphatic carbocycles. The van der Waals surface area contributed by atoms with Gasteiger partial charge in [0.1, 0.15) is 12.1 Å². The number of rotatable bonds is 3. The van der Waals surface area contributed by atoms with E-state index in [1.54, 1.807) is 12.5 Å². The Morgan fingerprint density at radius 3 is 2.85 bits per heavy atom. The fourth-order valence-corrected chi connectivity index (χ4v) is 1.87. The van der Waals surface area contributed by atoms with Crippen molar-refractivity contribution in [1.29, 1.82) is 0 Å². The monoisotopic (exact) mass is 197 g/mol. The van der Waals surface area contributed by atoms with Gasteiger partial charge in [-0.15, -0.1) is 11.6 Å². The van der Waals surface area contributed by atoms with E-state index in [-0.39, 0.29) is 5.54 Å². The van der Waals surface area contributed by atoms with Gasteiger partial charge in [-0.3, -0.25) is 0 Å². The zero-order valence-electron chi connectivity index (χ0n) is 7.33. The van der Waals surface area contributed by atoms with Gasteiger partial charge in [-0.2, -0.15) is 0 Å². The highest BCUT2D eigenvalue weighted by atomic mass is 35.5. The third-order valence-electron chi connectivity index (χ3n) is 2.54. The summed E-state index contributed by atoms with van der Waals surface area (Å²) in [4.78, 5) is 7.97. The third kappa shape index (κ3) is 1.75. The van der Waals surface area contributed by atoms with Gasteiger partial charge in [0, 0.05) is 12.1 Å². The topological polar surface area (TPSA) is 37.8 Å². The lowest BCUT2D eigenvalue weighted by atomic mass is 9.78. The van der Waals surface area contributed by atoms with Gasteiger partial charge in [-0.25, -0.2) is 9.97 Å². The van der Waals surface area contributed by atoms with Crippen LogP contribution in [0.25, 0.3) is 0 Å². The van der Waals surface area contributed by atoms with Crippen molar-refractivity contribution >= 4 is 17.4 Å². The van der Waals surface area contributed by atoms with Crippen molar-refractivity contribution in [2.75, 3.05) is 11.2 Å². The van der Waals surface area contributed by atoms with E-state index >= 15 is 0 Å². The van der Waals surface area contributed by atoms with E-state index in [0.29, 0.717) is 5.88 Å². The standard InChI is InChI=1S/C9H12ClN3/c10-6-9(3-1-4-9)13-8-2-5-11-7-12-8/h2,5,7H,1,3-4,6H2,(H,11,12,13). The molecule has 4 heteroatoms. The summed E-state index contributed by atoms with van der Waals surface area (Å²) in [6.07, 6.45) is 6.81. The molecule has 0 saturated heterocycles. The lowest BCUT2D eigenvalue weighted by Gasteiger charge is -2.41. The van der Waals surface area contributed by atoms with Gasteiger partial charge in [0.2, 0.25) is 0 Å². The molecule has 0 aliphatic heterocycles. The second-order valence-electron chi connectivity index (χ2n) is 3.49. The number of halogens is 1. The first-order valence-electron chi connectivity index (χ1n) is 4.45. The van der Waals surface area contributed by atoms with Crippen molar-refractivity contribution in [2.24, 2.45) is 0 Å². The SMILES string of the molecule is ClCC1(Nc2ccncn2)CCC1. The number of anilines is 1. The zero-order valence-corrected chi connectivity index (χ0v) is 8.09. The van der Waals surface area contributed by atoms with Crippen LogP contribution in [0.4, 0.5) is 5.82 Å². The van der Waals surface area contributed by atoms with Gasteiger partial charge < -0.3 is 5.32 Å². The summed E-state index contributed by atoms with van der Waals surface area (Å²) in [5, 5.41) is 3.36. The first-order valence-corrected chi connectivity index (χ1v) is 4.98. The number of hydrogen-bond donors (Lipinski definition) is 1. The Hall–Kier alpha value is -0.830. The highest BCUT2D eigenvalue weighted by Crippen LogP contribution is 2.35. The first kappa shape index (κ1) is 8.75. The molecule has 0 atom stereocenters. The van der Waals surface area contributed by atoms with Crippen LogP contribution in [0.1, 0.15) is 19.3 Å². The summed E-state index contributed by atoms with van der Waals surface area (Å²) < 4.78 is 0. The summed E-state index contributed by atoms with van der Waals surface area (Å²) in [6, 6.07) is 1.87. The molecular formula is C9H12ClN3. The molecule has 1 aromatic rings. The molecule has 0 aromatic carbocycles. The number of alkyl halides is 1. The van der Waals surface area contributed by atoms with E-state index < -0.39 is 0 Å². The maximum atomic E-state index is 5.90. The molecule has 0 amide bonds. The normalized spacial score (nSPS) is 19.2. The fraction of sp³-hybridized carbons (Fsp3) is 0.556. The van der Waals surface area contributed by atoms with E-state index in [0.717, 1.165) is 18.7 Å². The first-order chi connectivity index (χ1) is 6.35. The Morgan fingerprint density at radius 2 is 2.38 bits per heavy atom. The molecule has 0 bridgehead atoms. The smallest absolute Gasteiger partial charge is 0.129 e. The third-order valence-corrected chi connectivity index (χ3v) is 3.05. The van der Waals surface area contributed by atoms with E-state index in [1.165, 1.54) is 6.42 Å². The fourth-order valence-electron chi connectivity index (χ4n) is 1.53. The maximum Gasteiger partial charge on any atom is 0.129 e. The van der Waals surface area contributed by atoms with Crippen molar-refractivity contribution in [2.45, 2.75) is 24.8 Å². The molecule has 0 spiro atoms. The molecule has 3 nitrogen and oxygen atoms in total. The predicted octanol–water partition coefficient (Wildman–Crippen LogP) is 2.05. The quantitative estimate of drug-likeness (QED) is 0.754. The zero-order chi connectivity index (χ0) is 9.15. The number of nitrogens with zero attached hydrogens (tertiary/aromatic N) is 2. The summed E-state index contributed by atoms with van der Waals surface area (Å²) in [6.45, 7) is 0. The molecule has 0 unspecified atom stereocenters. The summed E-state index contributed by atoms with van der Waals surface area (Å²) >= 11 is 5.90. The molecule has 1 saturated carbocycles. The van der Waals surface area contributed by atoms with Crippen LogP contribution in [0.3, 0.4) is 0 Å². The Morgan fingerprint density at radius 1 is 1.54 bits per heavy atom. The molecule has 1 aromatic heterocycles. The van der Waals surface area contributed by atoms with E-state index in [1.807, 2.05) is 6.07 Å².